The summed E-state index contributed by atoms with van der Waals surface area (Å²) in [5.41, 5.74) is 2.79. The van der Waals surface area contributed by atoms with Crippen molar-refractivity contribution >= 4 is 28.5 Å². The largest absolute Gasteiger partial charge is 0.484 e. The zero-order valence-electron chi connectivity index (χ0n) is 13.7. The van der Waals surface area contributed by atoms with Crippen LogP contribution in [0.4, 0.5) is 5.69 Å². The maximum atomic E-state index is 12.3. The number of aromatic nitrogens is 2. The molecule has 0 aliphatic carbocycles. The van der Waals surface area contributed by atoms with Gasteiger partial charge >= 0.3 is 0 Å². The highest BCUT2D eigenvalue weighted by Gasteiger charge is 2.08. The fraction of sp³-hybridized carbons (Fsp3) is 0.167. The van der Waals surface area contributed by atoms with Gasteiger partial charge in [0.15, 0.2) is 6.61 Å². The summed E-state index contributed by atoms with van der Waals surface area (Å²) in [7, 11) is 0. The van der Waals surface area contributed by atoms with Gasteiger partial charge in [0.1, 0.15) is 5.75 Å². The fourth-order valence-electron chi connectivity index (χ4n) is 2.31. The highest BCUT2D eigenvalue weighted by Crippen LogP contribution is 2.17. The van der Waals surface area contributed by atoms with E-state index in [-0.39, 0.29) is 18.4 Å². The summed E-state index contributed by atoms with van der Waals surface area (Å²) >= 11 is 0. The summed E-state index contributed by atoms with van der Waals surface area (Å²) in [4.78, 5) is 30.8. The lowest BCUT2D eigenvalue weighted by atomic mass is 10.2. The molecule has 0 saturated heterocycles. The minimum Gasteiger partial charge on any atom is -0.484 e. The first-order valence-electron chi connectivity index (χ1n) is 7.90. The molecule has 0 spiro atoms. The van der Waals surface area contributed by atoms with Crippen molar-refractivity contribution in [2.24, 2.45) is 0 Å². The van der Waals surface area contributed by atoms with E-state index in [9.17, 15) is 9.59 Å². The first kappa shape index (κ1) is 16.5. The third-order valence-electron chi connectivity index (χ3n) is 3.54. The highest BCUT2D eigenvalue weighted by molar-refractivity contribution is 6.05. The molecule has 7 heteroatoms. The number of nitrogens with zero attached hydrogens (tertiary/aromatic N) is 1. The van der Waals surface area contributed by atoms with Crippen molar-refractivity contribution in [1.82, 2.24) is 15.3 Å². The van der Waals surface area contributed by atoms with E-state index in [4.69, 9.17) is 4.74 Å². The molecular weight excluding hydrogens is 320 g/mol. The molecule has 3 N–H and O–H groups in total. The van der Waals surface area contributed by atoms with Gasteiger partial charge in [0.05, 0.1) is 17.4 Å². The van der Waals surface area contributed by atoms with Crippen molar-refractivity contribution in [2.45, 2.75) is 6.92 Å². The Hall–Kier alpha value is -3.35. The van der Waals surface area contributed by atoms with Gasteiger partial charge in [0, 0.05) is 17.8 Å². The number of nitrogens with one attached hydrogen (secondary N) is 3. The average molecular weight is 338 g/mol. The second-order valence-corrected chi connectivity index (χ2v) is 5.36. The first-order chi connectivity index (χ1) is 12.2. The molecule has 128 valence electrons. The van der Waals surface area contributed by atoms with Crippen LogP contribution in [0.5, 0.6) is 5.75 Å². The van der Waals surface area contributed by atoms with Gasteiger partial charge in [-0.05, 0) is 49.4 Å². The number of rotatable bonds is 6. The molecule has 25 heavy (non-hydrogen) atoms. The summed E-state index contributed by atoms with van der Waals surface area (Å²) in [5, 5.41) is 5.47. The van der Waals surface area contributed by atoms with E-state index in [1.807, 2.05) is 6.92 Å². The van der Waals surface area contributed by atoms with Crippen LogP contribution in [-0.4, -0.2) is 34.9 Å². The van der Waals surface area contributed by atoms with E-state index >= 15 is 0 Å². The summed E-state index contributed by atoms with van der Waals surface area (Å²) in [6.07, 6.45) is 1.59. The Bertz CT molecular complexity index is 887. The lowest BCUT2D eigenvalue weighted by molar-refractivity contribution is -0.122. The molecule has 0 bridgehead atoms. The molecule has 0 saturated carbocycles. The molecule has 2 amide bonds. The van der Waals surface area contributed by atoms with Crippen molar-refractivity contribution in [3.05, 3.63) is 54.4 Å². The quantitative estimate of drug-likeness (QED) is 0.643. The molecule has 0 fully saturated rings. The normalized spacial score (nSPS) is 10.4. The minimum atomic E-state index is -0.215. The van der Waals surface area contributed by atoms with Crippen LogP contribution in [0.1, 0.15) is 17.3 Å². The summed E-state index contributed by atoms with van der Waals surface area (Å²) in [5.74, 6) is 0.171. The maximum Gasteiger partial charge on any atom is 0.257 e. The van der Waals surface area contributed by atoms with Crippen LogP contribution in [0.2, 0.25) is 0 Å². The Balaban J connectivity index is 1.60. The number of benzene rings is 2. The van der Waals surface area contributed by atoms with Crippen molar-refractivity contribution in [1.29, 1.82) is 0 Å². The number of hydrogen-bond donors (Lipinski definition) is 3. The lowest BCUT2D eigenvalue weighted by Crippen LogP contribution is -2.28. The van der Waals surface area contributed by atoms with E-state index in [0.717, 1.165) is 11.0 Å². The Morgan fingerprint density at radius 2 is 1.96 bits per heavy atom. The molecule has 7 nitrogen and oxygen atoms in total. The monoisotopic (exact) mass is 338 g/mol. The summed E-state index contributed by atoms with van der Waals surface area (Å²) in [6.45, 7) is 2.38. The predicted octanol–water partition coefficient (Wildman–Crippen LogP) is 2.33. The third kappa shape index (κ3) is 4.14. The second kappa shape index (κ2) is 7.48. The number of carbonyl (C=O) groups excluding carboxylic acids is 2. The van der Waals surface area contributed by atoms with Gasteiger partial charge in [-0.15, -0.1) is 0 Å². The lowest BCUT2D eigenvalue weighted by Gasteiger charge is -2.08. The Morgan fingerprint density at radius 3 is 2.72 bits per heavy atom. The van der Waals surface area contributed by atoms with Gasteiger partial charge in [-0.3, -0.25) is 9.59 Å². The number of ether oxygens (including phenoxy) is 1. The van der Waals surface area contributed by atoms with E-state index in [1.165, 1.54) is 0 Å². The van der Waals surface area contributed by atoms with Gasteiger partial charge in [-0.25, -0.2) is 4.98 Å². The Labute approximate surface area is 144 Å². The number of hydrogen-bond acceptors (Lipinski definition) is 4. The molecule has 3 aromatic rings. The summed E-state index contributed by atoms with van der Waals surface area (Å²) in [6, 6.07) is 12.1. The molecular formula is C18H18N4O3. The van der Waals surface area contributed by atoms with E-state index in [1.54, 1.807) is 48.8 Å². The van der Waals surface area contributed by atoms with Crippen molar-refractivity contribution in [3.8, 4) is 5.75 Å². The molecule has 0 aliphatic heterocycles. The Kier molecular flexibility index (Phi) is 4.94. The van der Waals surface area contributed by atoms with Crippen LogP contribution in [0.15, 0.2) is 48.8 Å². The predicted molar refractivity (Wildman–Crippen MR) is 94.7 cm³/mol. The molecule has 3 rings (SSSR count). The van der Waals surface area contributed by atoms with Gasteiger partial charge < -0.3 is 20.4 Å². The zero-order valence-corrected chi connectivity index (χ0v) is 13.7. The molecule has 1 heterocycles. The van der Waals surface area contributed by atoms with Gasteiger partial charge in [0.25, 0.3) is 11.8 Å². The molecule has 0 unspecified atom stereocenters. The number of amides is 2. The number of fused-ring (bicyclic) bond motifs is 1. The van der Waals surface area contributed by atoms with Gasteiger partial charge in [-0.1, -0.05) is 0 Å². The van der Waals surface area contributed by atoms with Gasteiger partial charge in [0.2, 0.25) is 0 Å². The number of H-pyrrole nitrogens is 1. The van der Waals surface area contributed by atoms with Crippen LogP contribution in [0.25, 0.3) is 11.0 Å². The van der Waals surface area contributed by atoms with Crippen LogP contribution >= 0.6 is 0 Å². The standard InChI is InChI=1S/C18H18N4O3/c1-2-19-17(23)10-25-14-6-4-13(5-7-14)22-18(24)12-3-8-15-16(9-12)21-11-20-15/h3-9,11H,2,10H2,1H3,(H,19,23)(H,20,21)(H,22,24). The molecule has 0 atom stereocenters. The maximum absolute atomic E-state index is 12.3. The summed E-state index contributed by atoms with van der Waals surface area (Å²) < 4.78 is 5.37. The number of anilines is 1. The fourth-order valence-corrected chi connectivity index (χ4v) is 2.31. The molecule has 2 aromatic carbocycles. The van der Waals surface area contributed by atoms with Crippen LogP contribution in [0, 0.1) is 0 Å². The van der Waals surface area contributed by atoms with E-state index < -0.39 is 0 Å². The number of aromatic amines is 1. The zero-order chi connectivity index (χ0) is 17.6. The van der Waals surface area contributed by atoms with Crippen molar-refractivity contribution < 1.29 is 14.3 Å². The smallest absolute Gasteiger partial charge is 0.257 e. The first-order valence-corrected chi connectivity index (χ1v) is 7.90. The topological polar surface area (TPSA) is 96.1 Å². The molecule has 0 radical (unpaired) electrons. The number of carbonyl (C=O) groups is 2. The molecule has 0 aliphatic rings. The van der Waals surface area contributed by atoms with Crippen molar-refractivity contribution in [3.63, 3.8) is 0 Å². The van der Waals surface area contributed by atoms with Crippen LogP contribution < -0.4 is 15.4 Å². The number of likely N-dealkylation sites (N-methyl/N-ethyl adjacent to an activating group) is 1. The van der Waals surface area contributed by atoms with Crippen molar-refractivity contribution in [2.75, 3.05) is 18.5 Å². The van der Waals surface area contributed by atoms with Crippen LogP contribution in [-0.2, 0) is 4.79 Å². The van der Waals surface area contributed by atoms with E-state index in [0.29, 0.717) is 23.5 Å². The third-order valence-corrected chi connectivity index (χ3v) is 3.54. The highest BCUT2D eigenvalue weighted by atomic mass is 16.5. The van der Waals surface area contributed by atoms with E-state index in [2.05, 4.69) is 20.6 Å². The van der Waals surface area contributed by atoms with Crippen LogP contribution in [0.3, 0.4) is 0 Å². The molecule has 1 aromatic heterocycles. The Morgan fingerprint density at radius 1 is 1.16 bits per heavy atom. The number of imidazole rings is 1. The van der Waals surface area contributed by atoms with Gasteiger partial charge in [-0.2, -0.15) is 0 Å². The minimum absolute atomic E-state index is 0.0380. The average Bonchev–Trinajstić information content (AvgIpc) is 3.09. The SMILES string of the molecule is CCNC(=O)COc1ccc(NC(=O)c2ccc3nc[nH]c3c2)cc1. The second-order valence-electron chi connectivity index (χ2n) is 5.36.